The van der Waals surface area contributed by atoms with E-state index >= 15 is 0 Å². The lowest BCUT2D eigenvalue weighted by atomic mass is 9.98. The van der Waals surface area contributed by atoms with Gasteiger partial charge in [0.05, 0.1) is 25.2 Å². The standard InChI is InChI=1S/C24H29F2NO4/c1-2-30-24(29)19-4-3-13-27(14-19)15-22(28)16-31-23(17-5-9-20(25)10-6-17)18-7-11-21(26)12-8-18/h5-12,19,22-23,28H,2-4,13-16H2,1H3/t19-,22+/m0/s1. The highest BCUT2D eigenvalue weighted by Crippen LogP contribution is 2.27. The number of carbonyl (C=O) groups is 1. The third-order valence-corrected chi connectivity index (χ3v) is 5.40. The number of rotatable bonds is 9. The van der Waals surface area contributed by atoms with Gasteiger partial charge in [0.2, 0.25) is 0 Å². The van der Waals surface area contributed by atoms with Crippen molar-refractivity contribution in [3.05, 3.63) is 71.3 Å². The number of aliphatic hydroxyl groups excluding tert-OH is 1. The predicted molar refractivity (Wildman–Crippen MR) is 112 cm³/mol. The minimum absolute atomic E-state index is 0.0417. The van der Waals surface area contributed by atoms with Crippen LogP contribution in [0.3, 0.4) is 0 Å². The molecular weight excluding hydrogens is 404 g/mol. The van der Waals surface area contributed by atoms with Gasteiger partial charge >= 0.3 is 5.97 Å². The van der Waals surface area contributed by atoms with Crippen molar-refractivity contribution < 1.29 is 28.2 Å². The highest BCUT2D eigenvalue weighted by Gasteiger charge is 2.28. The largest absolute Gasteiger partial charge is 0.466 e. The van der Waals surface area contributed by atoms with Gasteiger partial charge in [-0.2, -0.15) is 0 Å². The molecule has 31 heavy (non-hydrogen) atoms. The molecule has 3 rings (SSSR count). The van der Waals surface area contributed by atoms with Crippen molar-refractivity contribution in [2.24, 2.45) is 5.92 Å². The number of hydrogen-bond acceptors (Lipinski definition) is 5. The molecule has 1 aliphatic heterocycles. The van der Waals surface area contributed by atoms with Crippen molar-refractivity contribution in [2.45, 2.75) is 32.0 Å². The van der Waals surface area contributed by atoms with E-state index < -0.39 is 12.2 Å². The molecule has 1 saturated heterocycles. The van der Waals surface area contributed by atoms with Crippen LogP contribution in [-0.4, -0.2) is 54.9 Å². The number of likely N-dealkylation sites (tertiary alicyclic amines) is 1. The predicted octanol–water partition coefficient (Wildman–Crippen LogP) is 3.71. The van der Waals surface area contributed by atoms with Gasteiger partial charge < -0.3 is 14.6 Å². The lowest BCUT2D eigenvalue weighted by Gasteiger charge is -2.33. The van der Waals surface area contributed by atoms with Crippen LogP contribution in [0, 0.1) is 17.6 Å². The van der Waals surface area contributed by atoms with Crippen LogP contribution in [0.5, 0.6) is 0 Å². The molecule has 2 aromatic rings. The molecule has 0 bridgehead atoms. The van der Waals surface area contributed by atoms with Gasteiger partial charge in [0, 0.05) is 13.1 Å². The van der Waals surface area contributed by atoms with Gasteiger partial charge in [-0.15, -0.1) is 0 Å². The first-order chi connectivity index (χ1) is 15.0. The zero-order valence-electron chi connectivity index (χ0n) is 17.7. The number of esters is 1. The Kier molecular flexibility index (Phi) is 8.51. The third kappa shape index (κ3) is 6.82. The minimum atomic E-state index is -0.774. The van der Waals surface area contributed by atoms with E-state index in [2.05, 4.69) is 0 Å². The van der Waals surface area contributed by atoms with Crippen molar-refractivity contribution >= 4 is 5.97 Å². The molecule has 1 fully saturated rings. The van der Waals surface area contributed by atoms with E-state index in [4.69, 9.17) is 9.47 Å². The lowest BCUT2D eigenvalue weighted by Crippen LogP contribution is -2.43. The highest BCUT2D eigenvalue weighted by molar-refractivity contribution is 5.72. The molecule has 0 saturated carbocycles. The Labute approximate surface area is 181 Å². The quantitative estimate of drug-likeness (QED) is 0.611. The molecule has 1 heterocycles. The number of carbonyl (C=O) groups excluding carboxylic acids is 1. The van der Waals surface area contributed by atoms with Gasteiger partial charge in [0.1, 0.15) is 17.7 Å². The number of nitrogens with zero attached hydrogens (tertiary/aromatic N) is 1. The van der Waals surface area contributed by atoms with E-state index in [1.54, 1.807) is 31.2 Å². The van der Waals surface area contributed by atoms with E-state index in [9.17, 15) is 18.7 Å². The van der Waals surface area contributed by atoms with Crippen molar-refractivity contribution in [3.8, 4) is 0 Å². The molecule has 0 aliphatic carbocycles. The molecule has 2 atom stereocenters. The Balaban J connectivity index is 1.61. The van der Waals surface area contributed by atoms with Crippen LogP contribution >= 0.6 is 0 Å². The molecule has 1 N–H and O–H groups in total. The average Bonchev–Trinajstić information content (AvgIpc) is 2.76. The number of β-amino-alcohol motifs (C(OH)–C–C–N with tert-alkyl or cyclic N) is 1. The summed E-state index contributed by atoms with van der Waals surface area (Å²) < 4.78 is 37.8. The zero-order chi connectivity index (χ0) is 22.2. The molecule has 0 radical (unpaired) electrons. The Morgan fingerprint density at radius 3 is 2.23 bits per heavy atom. The van der Waals surface area contributed by atoms with E-state index in [1.807, 2.05) is 4.90 Å². The van der Waals surface area contributed by atoms with Crippen LogP contribution in [0.4, 0.5) is 8.78 Å². The molecular formula is C24H29F2NO4. The summed E-state index contributed by atoms with van der Waals surface area (Å²) in [5.41, 5.74) is 1.42. The van der Waals surface area contributed by atoms with E-state index in [0.717, 1.165) is 19.4 Å². The maximum absolute atomic E-state index is 13.3. The second-order valence-electron chi connectivity index (χ2n) is 7.82. The van der Waals surface area contributed by atoms with Crippen molar-refractivity contribution in [1.29, 1.82) is 0 Å². The summed E-state index contributed by atoms with van der Waals surface area (Å²) in [6.45, 7) is 3.91. The Bertz CT molecular complexity index is 783. The number of halogens is 2. The summed E-state index contributed by atoms with van der Waals surface area (Å²) in [6.07, 6.45) is 0.318. The zero-order valence-corrected chi connectivity index (χ0v) is 17.7. The van der Waals surface area contributed by atoms with Crippen LogP contribution in [-0.2, 0) is 14.3 Å². The van der Waals surface area contributed by atoms with Crippen LogP contribution < -0.4 is 0 Å². The molecule has 0 amide bonds. The Morgan fingerprint density at radius 1 is 1.10 bits per heavy atom. The molecule has 0 aromatic heterocycles. The fourth-order valence-electron chi connectivity index (χ4n) is 3.89. The fourth-order valence-corrected chi connectivity index (χ4v) is 3.89. The number of hydrogen-bond donors (Lipinski definition) is 1. The topological polar surface area (TPSA) is 59.0 Å². The number of aliphatic hydroxyl groups is 1. The lowest BCUT2D eigenvalue weighted by molar-refractivity contribution is -0.150. The molecule has 1 aliphatic rings. The van der Waals surface area contributed by atoms with Crippen LogP contribution in [0.25, 0.3) is 0 Å². The van der Waals surface area contributed by atoms with Gasteiger partial charge in [-0.05, 0) is 61.7 Å². The average molecular weight is 433 g/mol. The summed E-state index contributed by atoms with van der Waals surface area (Å²) in [7, 11) is 0. The summed E-state index contributed by atoms with van der Waals surface area (Å²) in [6, 6.07) is 11.8. The smallest absolute Gasteiger partial charge is 0.310 e. The minimum Gasteiger partial charge on any atom is -0.466 e. The molecule has 5 nitrogen and oxygen atoms in total. The SMILES string of the molecule is CCOC(=O)[C@H]1CCCN(C[C@@H](O)COC(c2ccc(F)cc2)c2ccc(F)cc2)C1. The number of ether oxygens (including phenoxy) is 2. The third-order valence-electron chi connectivity index (χ3n) is 5.40. The van der Waals surface area contributed by atoms with Crippen LogP contribution in [0.1, 0.15) is 37.0 Å². The number of benzene rings is 2. The van der Waals surface area contributed by atoms with E-state index in [0.29, 0.717) is 30.8 Å². The summed E-state index contributed by atoms with van der Waals surface area (Å²) in [5.74, 6) is -1.08. The first kappa shape index (κ1) is 23.3. The molecule has 0 unspecified atom stereocenters. The van der Waals surface area contributed by atoms with Crippen molar-refractivity contribution in [2.75, 3.05) is 32.8 Å². The highest BCUT2D eigenvalue weighted by atomic mass is 19.1. The number of piperidine rings is 1. The van der Waals surface area contributed by atoms with Gasteiger partial charge in [-0.3, -0.25) is 9.69 Å². The summed E-state index contributed by atoms with van der Waals surface area (Å²) in [4.78, 5) is 14.1. The van der Waals surface area contributed by atoms with Gasteiger partial charge in [0.25, 0.3) is 0 Å². The van der Waals surface area contributed by atoms with Crippen LogP contribution in [0.15, 0.2) is 48.5 Å². The first-order valence-electron chi connectivity index (χ1n) is 10.7. The van der Waals surface area contributed by atoms with Crippen LogP contribution in [0.2, 0.25) is 0 Å². The van der Waals surface area contributed by atoms with Gasteiger partial charge in [0.15, 0.2) is 0 Å². The van der Waals surface area contributed by atoms with Gasteiger partial charge in [-0.25, -0.2) is 8.78 Å². The second kappa shape index (κ2) is 11.3. The maximum Gasteiger partial charge on any atom is 0.310 e. The molecule has 7 heteroatoms. The van der Waals surface area contributed by atoms with Crippen molar-refractivity contribution in [1.82, 2.24) is 4.90 Å². The monoisotopic (exact) mass is 433 g/mol. The summed E-state index contributed by atoms with van der Waals surface area (Å²) >= 11 is 0. The van der Waals surface area contributed by atoms with Gasteiger partial charge in [-0.1, -0.05) is 24.3 Å². The normalized spacial score (nSPS) is 18.2. The van der Waals surface area contributed by atoms with Crippen molar-refractivity contribution in [3.63, 3.8) is 0 Å². The van der Waals surface area contributed by atoms with E-state index in [-0.39, 0.29) is 30.1 Å². The summed E-state index contributed by atoms with van der Waals surface area (Å²) in [5, 5.41) is 10.6. The first-order valence-corrected chi connectivity index (χ1v) is 10.7. The Hall–Kier alpha value is -2.35. The molecule has 168 valence electrons. The molecule has 2 aromatic carbocycles. The fraction of sp³-hybridized carbons (Fsp3) is 0.458. The second-order valence-corrected chi connectivity index (χ2v) is 7.82. The maximum atomic E-state index is 13.3. The molecule has 0 spiro atoms. The van der Waals surface area contributed by atoms with E-state index in [1.165, 1.54) is 24.3 Å². The Morgan fingerprint density at radius 2 is 1.68 bits per heavy atom.